The summed E-state index contributed by atoms with van der Waals surface area (Å²) >= 11 is 0. The number of nitrogens with two attached hydrogens (primary N) is 1. The Morgan fingerprint density at radius 1 is 1.37 bits per heavy atom. The van der Waals surface area contributed by atoms with Gasteiger partial charge in [-0.05, 0) is 0 Å². The van der Waals surface area contributed by atoms with Gasteiger partial charge in [0.2, 0.25) is 0 Å². The normalized spacial score (nSPS) is 24.3. The van der Waals surface area contributed by atoms with E-state index in [1.165, 1.54) is 6.33 Å². The summed E-state index contributed by atoms with van der Waals surface area (Å²) in [5, 5.41) is 25.9. The molecule has 3 heterocycles. The molecule has 0 aliphatic carbocycles. The first-order chi connectivity index (χ1) is 9.19. The topological polar surface area (TPSA) is 124 Å². The predicted octanol–water partition coefficient (Wildman–Crippen LogP) is -1.28. The minimum absolute atomic E-state index is 0.00346. The number of likely N-dealkylation sites (tertiary alicyclic amines) is 1. The highest BCUT2D eigenvalue weighted by Gasteiger charge is 2.31. The summed E-state index contributed by atoms with van der Waals surface area (Å²) in [7, 11) is 0. The highest BCUT2D eigenvalue weighted by molar-refractivity contribution is 5.85. The van der Waals surface area contributed by atoms with E-state index in [1.54, 1.807) is 0 Å². The number of hydrogen-bond acceptors (Lipinski definition) is 7. The number of aliphatic hydroxyl groups is 2. The van der Waals surface area contributed by atoms with Crippen molar-refractivity contribution in [1.82, 2.24) is 25.1 Å². The molecule has 1 saturated heterocycles. The Morgan fingerprint density at radius 3 is 2.95 bits per heavy atom. The molecule has 8 heteroatoms. The van der Waals surface area contributed by atoms with Crippen molar-refractivity contribution in [2.24, 2.45) is 5.92 Å². The number of nitrogen functional groups attached to an aromatic ring is 1. The summed E-state index contributed by atoms with van der Waals surface area (Å²) in [6.07, 6.45) is 0.922. The van der Waals surface area contributed by atoms with Crippen molar-refractivity contribution < 1.29 is 10.2 Å². The number of nitrogens with zero attached hydrogens (tertiary/aromatic N) is 4. The number of H-pyrrole nitrogens is 1. The second-order valence-electron chi connectivity index (χ2n) is 4.86. The fraction of sp³-hybridized carbons (Fsp3) is 0.545. The van der Waals surface area contributed by atoms with Crippen LogP contribution in [0.2, 0.25) is 0 Å². The van der Waals surface area contributed by atoms with Crippen molar-refractivity contribution in [2.45, 2.75) is 12.6 Å². The monoisotopic (exact) mass is 264 g/mol. The van der Waals surface area contributed by atoms with Gasteiger partial charge in [0.25, 0.3) is 0 Å². The quantitative estimate of drug-likeness (QED) is 0.544. The van der Waals surface area contributed by atoms with Gasteiger partial charge in [-0.3, -0.25) is 10.00 Å². The molecule has 19 heavy (non-hydrogen) atoms. The third-order valence-electron chi connectivity index (χ3n) is 3.54. The van der Waals surface area contributed by atoms with Crippen LogP contribution < -0.4 is 5.73 Å². The van der Waals surface area contributed by atoms with Gasteiger partial charge in [0.05, 0.1) is 11.8 Å². The lowest BCUT2D eigenvalue weighted by Gasteiger charge is -2.13. The molecule has 0 aromatic carbocycles. The van der Waals surface area contributed by atoms with Gasteiger partial charge >= 0.3 is 0 Å². The van der Waals surface area contributed by atoms with E-state index in [0.29, 0.717) is 36.5 Å². The highest BCUT2D eigenvalue weighted by Crippen LogP contribution is 2.22. The third kappa shape index (κ3) is 2.14. The lowest BCUT2D eigenvalue weighted by Crippen LogP contribution is -2.21. The molecular weight excluding hydrogens is 248 g/mol. The van der Waals surface area contributed by atoms with Crippen LogP contribution in [-0.2, 0) is 6.54 Å². The number of anilines is 1. The van der Waals surface area contributed by atoms with Crippen molar-refractivity contribution in [1.29, 1.82) is 0 Å². The van der Waals surface area contributed by atoms with Gasteiger partial charge < -0.3 is 15.9 Å². The lowest BCUT2D eigenvalue weighted by molar-refractivity contribution is 0.103. The van der Waals surface area contributed by atoms with Crippen molar-refractivity contribution in [3.8, 4) is 0 Å². The van der Waals surface area contributed by atoms with Crippen molar-refractivity contribution in [3.63, 3.8) is 0 Å². The summed E-state index contributed by atoms with van der Waals surface area (Å²) in [5.41, 5.74) is 7.83. The first-order valence-electron chi connectivity index (χ1n) is 6.13. The molecule has 1 fully saturated rings. The Hall–Kier alpha value is -1.77. The van der Waals surface area contributed by atoms with Crippen LogP contribution in [0.15, 0.2) is 6.33 Å². The van der Waals surface area contributed by atoms with Crippen LogP contribution in [-0.4, -0.2) is 61.1 Å². The Kier molecular flexibility index (Phi) is 3.05. The van der Waals surface area contributed by atoms with E-state index in [0.717, 1.165) is 5.69 Å². The largest absolute Gasteiger partial charge is 0.396 e. The second-order valence-corrected chi connectivity index (χ2v) is 4.86. The number of aromatic amines is 1. The first kappa shape index (κ1) is 12.3. The van der Waals surface area contributed by atoms with E-state index in [4.69, 9.17) is 10.8 Å². The summed E-state index contributed by atoms with van der Waals surface area (Å²) < 4.78 is 0. The standard InChI is InChI=1S/C11H16N6O2/c12-11-10-9(13-5-14-11)7(15-16-10)2-17-1-6(4-18)8(19)3-17/h5-6,8,18-19H,1-4H2,(H,15,16)(H2,12,13,14)/t6-,8+/m0/s1. The van der Waals surface area contributed by atoms with Crippen molar-refractivity contribution in [3.05, 3.63) is 12.0 Å². The van der Waals surface area contributed by atoms with Crippen molar-refractivity contribution in [2.75, 3.05) is 25.4 Å². The maximum absolute atomic E-state index is 9.77. The van der Waals surface area contributed by atoms with Crippen LogP contribution in [0.1, 0.15) is 5.69 Å². The predicted molar refractivity (Wildman–Crippen MR) is 68.0 cm³/mol. The highest BCUT2D eigenvalue weighted by atomic mass is 16.3. The minimum Gasteiger partial charge on any atom is -0.396 e. The van der Waals surface area contributed by atoms with Gasteiger partial charge in [-0.15, -0.1) is 0 Å². The first-order valence-corrected chi connectivity index (χ1v) is 6.13. The molecule has 2 atom stereocenters. The number of aliphatic hydroxyl groups excluding tert-OH is 2. The van der Waals surface area contributed by atoms with Crippen LogP contribution in [0.3, 0.4) is 0 Å². The molecule has 102 valence electrons. The molecule has 8 nitrogen and oxygen atoms in total. The van der Waals surface area contributed by atoms with E-state index in [-0.39, 0.29) is 12.5 Å². The Morgan fingerprint density at radius 2 is 2.21 bits per heavy atom. The molecule has 0 amide bonds. The van der Waals surface area contributed by atoms with Gasteiger partial charge in [0.15, 0.2) is 11.3 Å². The van der Waals surface area contributed by atoms with Crippen LogP contribution in [0, 0.1) is 5.92 Å². The smallest absolute Gasteiger partial charge is 0.155 e. The van der Waals surface area contributed by atoms with E-state index in [1.807, 2.05) is 0 Å². The maximum Gasteiger partial charge on any atom is 0.155 e. The summed E-state index contributed by atoms with van der Waals surface area (Å²) in [5.74, 6) is 0.260. The Labute approximate surface area is 109 Å². The second kappa shape index (κ2) is 4.72. The van der Waals surface area contributed by atoms with Crippen LogP contribution in [0.25, 0.3) is 11.0 Å². The van der Waals surface area contributed by atoms with E-state index < -0.39 is 6.10 Å². The SMILES string of the molecule is Nc1ncnc2c(CN3C[C@@H](CO)[C@H](O)C3)[nH]nc12. The molecule has 0 radical (unpaired) electrons. The summed E-state index contributed by atoms with van der Waals surface area (Å²) in [6.45, 7) is 1.77. The number of nitrogens with one attached hydrogen (secondary N) is 1. The van der Waals surface area contributed by atoms with Gasteiger partial charge in [-0.25, -0.2) is 9.97 Å². The molecule has 5 N–H and O–H groups in total. The van der Waals surface area contributed by atoms with Crippen LogP contribution in [0.5, 0.6) is 0 Å². The summed E-state index contributed by atoms with van der Waals surface area (Å²) in [4.78, 5) is 10.1. The van der Waals surface area contributed by atoms with Gasteiger partial charge in [0, 0.05) is 32.2 Å². The molecule has 1 aliphatic heterocycles. The molecule has 0 spiro atoms. The van der Waals surface area contributed by atoms with Gasteiger partial charge in [0.1, 0.15) is 11.8 Å². The number of β-amino-alcohol motifs (C(OH)–C–C–N with tert-alkyl or cyclic N) is 1. The van der Waals surface area contributed by atoms with Gasteiger partial charge in [-0.2, -0.15) is 5.10 Å². The molecular formula is C11H16N6O2. The average molecular weight is 264 g/mol. The van der Waals surface area contributed by atoms with Crippen molar-refractivity contribution >= 4 is 16.9 Å². The zero-order valence-electron chi connectivity index (χ0n) is 10.3. The number of hydrogen-bond donors (Lipinski definition) is 4. The molecule has 0 saturated carbocycles. The van der Waals surface area contributed by atoms with E-state index >= 15 is 0 Å². The summed E-state index contributed by atoms with van der Waals surface area (Å²) in [6, 6.07) is 0. The fourth-order valence-electron chi connectivity index (χ4n) is 2.48. The molecule has 0 bridgehead atoms. The molecule has 3 rings (SSSR count). The molecule has 1 aliphatic rings. The maximum atomic E-state index is 9.77. The number of fused-ring (bicyclic) bond motifs is 1. The average Bonchev–Trinajstić information content (AvgIpc) is 2.95. The van der Waals surface area contributed by atoms with E-state index in [9.17, 15) is 5.11 Å². The molecule has 2 aromatic rings. The number of rotatable bonds is 3. The third-order valence-corrected chi connectivity index (χ3v) is 3.54. The zero-order valence-corrected chi connectivity index (χ0v) is 10.3. The van der Waals surface area contributed by atoms with E-state index in [2.05, 4.69) is 25.1 Å². The Bertz CT molecular complexity index is 586. The van der Waals surface area contributed by atoms with Crippen LogP contribution >= 0.6 is 0 Å². The minimum atomic E-state index is -0.487. The molecule has 0 unspecified atom stereocenters. The number of aromatic nitrogens is 4. The lowest BCUT2D eigenvalue weighted by atomic mass is 10.1. The molecule has 2 aromatic heterocycles. The van der Waals surface area contributed by atoms with Gasteiger partial charge in [-0.1, -0.05) is 0 Å². The fourth-order valence-corrected chi connectivity index (χ4v) is 2.48. The zero-order chi connectivity index (χ0) is 13.4. The van der Waals surface area contributed by atoms with Crippen LogP contribution in [0.4, 0.5) is 5.82 Å². The Balaban J connectivity index is 1.81.